The van der Waals surface area contributed by atoms with Crippen molar-refractivity contribution in [2.75, 3.05) is 12.4 Å². The van der Waals surface area contributed by atoms with Gasteiger partial charge in [0.05, 0.1) is 34.8 Å². The number of methoxy groups -OCH3 is 1. The van der Waals surface area contributed by atoms with E-state index in [-0.39, 0.29) is 12.5 Å². The summed E-state index contributed by atoms with van der Waals surface area (Å²) in [5.41, 5.74) is 0.622. The van der Waals surface area contributed by atoms with E-state index in [1.165, 1.54) is 24.6 Å². The predicted octanol–water partition coefficient (Wildman–Crippen LogP) is 5.18. The van der Waals surface area contributed by atoms with Crippen LogP contribution in [0.15, 0.2) is 24.4 Å². The fourth-order valence-electron chi connectivity index (χ4n) is 4.39. The SMILES string of the molecule is COc1ncc(Cl)cc1N[C@@H](C)c1ccc(C(=O)N[C@@H](CC2CCCC2)C(=O)N[C@@H]2CC2(F)F)s1. The molecule has 3 atom stereocenters. The minimum Gasteiger partial charge on any atom is -0.480 e. The number of anilines is 1. The molecule has 2 fully saturated rings. The van der Waals surface area contributed by atoms with Gasteiger partial charge in [-0.25, -0.2) is 13.8 Å². The van der Waals surface area contributed by atoms with Crippen LogP contribution >= 0.6 is 22.9 Å². The zero-order chi connectivity index (χ0) is 25.2. The van der Waals surface area contributed by atoms with Crippen LogP contribution in [0.5, 0.6) is 5.88 Å². The van der Waals surface area contributed by atoms with E-state index < -0.39 is 29.8 Å². The normalized spacial score (nSPS) is 20.7. The summed E-state index contributed by atoms with van der Waals surface area (Å²) in [6.07, 6.45) is 5.72. The number of rotatable bonds is 10. The second-order valence-corrected chi connectivity index (χ2v) is 10.8. The number of pyridine rings is 1. The molecule has 11 heteroatoms. The summed E-state index contributed by atoms with van der Waals surface area (Å²) < 4.78 is 31.9. The molecule has 190 valence electrons. The molecule has 0 aromatic carbocycles. The number of nitrogens with one attached hydrogen (secondary N) is 3. The molecule has 2 aromatic heterocycles. The van der Waals surface area contributed by atoms with Crippen LogP contribution in [-0.4, -0.2) is 41.9 Å². The summed E-state index contributed by atoms with van der Waals surface area (Å²) >= 11 is 7.34. The van der Waals surface area contributed by atoms with Crippen molar-refractivity contribution in [3.63, 3.8) is 0 Å². The van der Waals surface area contributed by atoms with E-state index in [1.807, 2.05) is 13.0 Å². The first-order chi connectivity index (χ1) is 16.7. The number of hydrogen-bond acceptors (Lipinski definition) is 6. The highest BCUT2D eigenvalue weighted by Gasteiger charge is 2.58. The van der Waals surface area contributed by atoms with E-state index in [0.29, 0.717) is 33.8 Å². The molecule has 2 heterocycles. The van der Waals surface area contributed by atoms with Gasteiger partial charge in [-0.05, 0) is 37.5 Å². The Morgan fingerprint density at radius 2 is 2.03 bits per heavy atom. The molecule has 2 saturated carbocycles. The van der Waals surface area contributed by atoms with Gasteiger partial charge in [0.2, 0.25) is 11.8 Å². The molecule has 0 aliphatic heterocycles. The molecule has 0 bridgehead atoms. The van der Waals surface area contributed by atoms with E-state index in [2.05, 4.69) is 20.9 Å². The summed E-state index contributed by atoms with van der Waals surface area (Å²) in [4.78, 5) is 31.2. The quantitative estimate of drug-likeness (QED) is 0.397. The lowest BCUT2D eigenvalue weighted by Crippen LogP contribution is -2.48. The maximum absolute atomic E-state index is 13.3. The van der Waals surface area contributed by atoms with Crippen molar-refractivity contribution < 1.29 is 23.1 Å². The van der Waals surface area contributed by atoms with Crippen molar-refractivity contribution in [2.24, 2.45) is 5.92 Å². The van der Waals surface area contributed by atoms with Crippen molar-refractivity contribution in [3.05, 3.63) is 39.2 Å². The minimum atomic E-state index is -2.86. The molecule has 4 rings (SSSR count). The molecule has 35 heavy (non-hydrogen) atoms. The van der Waals surface area contributed by atoms with E-state index in [1.54, 1.807) is 12.1 Å². The molecule has 3 N–H and O–H groups in total. The van der Waals surface area contributed by atoms with Crippen molar-refractivity contribution in [1.82, 2.24) is 15.6 Å². The number of amides is 2. The summed E-state index contributed by atoms with van der Waals surface area (Å²) in [6, 6.07) is 3.08. The molecule has 0 radical (unpaired) electrons. The average molecular weight is 527 g/mol. The standard InChI is InChI=1S/C24H29ClF2N4O3S/c1-13(29-17-10-15(25)12-28-23(17)34-2)18-7-8-19(35-18)22(33)30-16(9-14-5-3-4-6-14)21(32)31-20-11-24(20,26)27/h7-8,10,12-14,16,20,29H,3-6,9,11H2,1-2H3,(H,30,33)(H,31,32)/t13-,16-,20+/m0/s1. The predicted molar refractivity (Wildman–Crippen MR) is 131 cm³/mol. The second kappa shape index (κ2) is 10.7. The van der Waals surface area contributed by atoms with Crippen LogP contribution in [-0.2, 0) is 4.79 Å². The first-order valence-electron chi connectivity index (χ1n) is 11.7. The van der Waals surface area contributed by atoms with Gasteiger partial charge in [-0.15, -0.1) is 11.3 Å². The highest BCUT2D eigenvalue weighted by Crippen LogP contribution is 2.41. The van der Waals surface area contributed by atoms with Crippen molar-refractivity contribution in [2.45, 2.75) is 69.5 Å². The zero-order valence-corrected chi connectivity index (χ0v) is 21.1. The van der Waals surface area contributed by atoms with Crippen LogP contribution in [0.1, 0.15) is 66.0 Å². The zero-order valence-electron chi connectivity index (χ0n) is 19.6. The highest BCUT2D eigenvalue weighted by atomic mass is 35.5. The van der Waals surface area contributed by atoms with Gasteiger partial charge in [-0.2, -0.15) is 0 Å². The van der Waals surface area contributed by atoms with Crippen LogP contribution in [0.3, 0.4) is 0 Å². The first kappa shape index (κ1) is 25.6. The number of nitrogens with zero attached hydrogens (tertiary/aromatic N) is 1. The molecule has 2 aliphatic rings. The third-order valence-electron chi connectivity index (χ3n) is 6.47. The lowest BCUT2D eigenvalue weighted by Gasteiger charge is -2.21. The van der Waals surface area contributed by atoms with Crippen molar-refractivity contribution in [3.8, 4) is 5.88 Å². The molecular weight excluding hydrogens is 498 g/mol. The third kappa shape index (κ3) is 6.41. The fourth-order valence-corrected chi connectivity index (χ4v) is 5.46. The van der Waals surface area contributed by atoms with E-state index >= 15 is 0 Å². The van der Waals surface area contributed by atoms with Gasteiger partial charge in [-0.1, -0.05) is 37.3 Å². The number of halogens is 3. The molecule has 0 spiro atoms. The Balaban J connectivity index is 1.41. The van der Waals surface area contributed by atoms with Gasteiger partial charge in [0.25, 0.3) is 11.8 Å². The summed E-state index contributed by atoms with van der Waals surface area (Å²) in [5.74, 6) is -3.09. The van der Waals surface area contributed by atoms with E-state index in [4.69, 9.17) is 16.3 Å². The number of thiophene rings is 1. The second-order valence-electron chi connectivity index (χ2n) is 9.22. The Morgan fingerprint density at radius 1 is 1.31 bits per heavy atom. The Bertz CT molecular complexity index is 1080. The lowest BCUT2D eigenvalue weighted by atomic mass is 9.97. The minimum absolute atomic E-state index is 0.176. The molecule has 2 aliphatic carbocycles. The number of ether oxygens (including phenoxy) is 1. The third-order valence-corrected chi connectivity index (χ3v) is 7.94. The van der Waals surface area contributed by atoms with E-state index in [9.17, 15) is 18.4 Å². The summed E-state index contributed by atoms with van der Waals surface area (Å²) in [6.45, 7) is 1.93. The molecule has 0 unspecified atom stereocenters. The van der Waals surface area contributed by atoms with Gasteiger partial charge >= 0.3 is 0 Å². The number of carbonyl (C=O) groups is 2. The molecule has 0 saturated heterocycles. The Labute approximate surface area is 212 Å². The van der Waals surface area contributed by atoms with Gasteiger partial charge in [0.1, 0.15) is 6.04 Å². The number of alkyl halides is 2. The van der Waals surface area contributed by atoms with Crippen LogP contribution < -0.4 is 20.7 Å². The van der Waals surface area contributed by atoms with Gasteiger partial charge < -0.3 is 20.7 Å². The molecule has 2 amide bonds. The van der Waals surface area contributed by atoms with Crippen molar-refractivity contribution in [1.29, 1.82) is 0 Å². The highest BCUT2D eigenvalue weighted by molar-refractivity contribution is 7.14. The van der Waals surface area contributed by atoms with Crippen molar-refractivity contribution >= 4 is 40.4 Å². The topological polar surface area (TPSA) is 92.3 Å². The number of carbonyl (C=O) groups excluding carboxylic acids is 2. The molecule has 7 nitrogen and oxygen atoms in total. The number of aromatic nitrogens is 1. The van der Waals surface area contributed by atoms with Crippen LogP contribution in [0, 0.1) is 5.92 Å². The van der Waals surface area contributed by atoms with Gasteiger partial charge in [0, 0.05) is 17.5 Å². The van der Waals surface area contributed by atoms with E-state index in [0.717, 1.165) is 30.6 Å². The maximum Gasteiger partial charge on any atom is 0.270 e. The largest absolute Gasteiger partial charge is 0.480 e. The Kier molecular flexibility index (Phi) is 7.80. The average Bonchev–Trinajstić information content (AvgIpc) is 3.25. The van der Waals surface area contributed by atoms with Crippen LogP contribution in [0.2, 0.25) is 5.02 Å². The van der Waals surface area contributed by atoms with Crippen LogP contribution in [0.25, 0.3) is 0 Å². The Hall–Kier alpha value is -2.46. The number of hydrogen-bond donors (Lipinski definition) is 3. The Morgan fingerprint density at radius 3 is 2.69 bits per heavy atom. The molecular formula is C24H29ClF2N4O3S. The summed E-state index contributed by atoms with van der Waals surface area (Å²) in [5, 5.41) is 8.94. The first-order valence-corrected chi connectivity index (χ1v) is 12.9. The molecule has 2 aromatic rings. The lowest BCUT2D eigenvalue weighted by molar-refractivity contribution is -0.124. The van der Waals surface area contributed by atoms with Crippen LogP contribution in [0.4, 0.5) is 14.5 Å². The van der Waals surface area contributed by atoms with Gasteiger partial charge in [-0.3, -0.25) is 9.59 Å². The van der Waals surface area contributed by atoms with Gasteiger partial charge in [0.15, 0.2) is 0 Å². The summed E-state index contributed by atoms with van der Waals surface area (Å²) in [7, 11) is 1.52. The maximum atomic E-state index is 13.3. The fraction of sp³-hybridized carbons (Fsp3) is 0.542. The monoisotopic (exact) mass is 526 g/mol. The smallest absolute Gasteiger partial charge is 0.270 e.